The van der Waals surface area contributed by atoms with Gasteiger partial charge in [0.2, 0.25) is 0 Å². The number of amides is 4. The topological polar surface area (TPSA) is 126 Å². The van der Waals surface area contributed by atoms with Crippen LogP contribution in [0.2, 0.25) is 5.02 Å². The zero-order chi connectivity index (χ0) is 29.7. The number of hydrogen-bond acceptors (Lipinski definition) is 6. The molecule has 0 bridgehead atoms. The van der Waals surface area contributed by atoms with E-state index in [-0.39, 0.29) is 28.7 Å². The van der Waals surface area contributed by atoms with Crippen molar-refractivity contribution in [3.8, 4) is 0 Å². The third-order valence-corrected chi connectivity index (χ3v) is 6.63. The smallest absolute Gasteiger partial charge is 0.318 e. The molecule has 3 aromatic rings. The lowest BCUT2D eigenvalue weighted by Gasteiger charge is -2.38. The Morgan fingerprint density at radius 1 is 1.17 bits per heavy atom. The molecule has 2 atom stereocenters. The van der Waals surface area contributed by atoms with Gasteiger partial charge in [-0.3, -0.25) is 14.6 Å². The van der Waals surface area contributed by atoms with Crippen LogP contribution in [0.15, 0.2) is 54.9 Å². The normalized spacial score (nSPS) is 16.0. The Kier molecular flexibility index (Phi) is 9.08. The molecule has 1 saturated heterocycles. The number of nitrogens with one attached hydrogen (secondary N) is 3. The third-order valence-electron chi connectivity index (χ3n) is 6.32. The number of pyridine rings is 2. The van der Waals surface area contributed by atoms with Crippen LogP contribution in [0.3, 0.4) is 0 Å². The molecule has 216 valence electrons. The number of benzene rings is 1. The van der Waals surface area contributed by atoms with E-state index in [4.69, 9.17) is 16.3 Å². The van der Waals surface area contributed by atoms with Crippen molar-refractivity contribution in [3.63, 3.8) is 0 Å². The first-order valence-corrected chi connectivity index (χ1v) is 12.7. The molecular formula is C27H26ClF3N6O4. The summed E-state index contributed by atoms with van der Waals surface area (Å²) < 4.78 is 47.7. The van der Waals surface area contributed by atoms with Crippen molar-refractivity contribution in [2.24, 2.45) is 0 Å². The second-order valence-corrected chi connectivity index (χ2v) is 9.73. The van der Waals surface area contributed by atoms with Crippen LogP contribution in [-0.2, 0) is 9.53 Å². The Morgan fingerprint density at radius 2 is 1.95 bits per heavy atom. The van der Waals surface area contributed by atoms with Crippen molar-refractivity contribution in [1.29, 1.82) is 0 Å². The first-order chi connectivity index (χ1) is 19.5. The van der Waals surface area contributed by atoms with Crippen molar-refractivity contribution < 1.29 is 32.3 Å². The third kappa shape index (κ3) is 7.11. The van der Waals surface area contributed by atoms with Gasteiger partial charge < -0.3 is 25.6 Å². The molecule has 1 fully saturated rings. The Hall–Kier alpha value is -4.23. The van der Waals surface area contributed by atoms with Crippen LogP contribution >= 0.6 is 11.6 Å². The number of methoxy groups -OCH3 is 1. The summed E-state index contributed by atoms with van der Waals surface area (Å²) in [7, 11) is 1.36. The van der Waals surface area contributed by atoms with Gasteiger partial charge in [-0.15, -0.1) is 0 Å². The summed E-state index contributed by atoms with van der Waals surface area (Å²) in [6.45, 7) is -0.0630. The number of carbonyl (C=O) groups is 3. The predicted octanol–water partition coefficient (Wildman–Crippen LogP) is 4.04. The van der Waals surface area contributed by atoms with Crippen LogP contribution in [0, 0.1) is 12.7 Å². The van der Waals surface area contributed by atoms with Gasteiger partial charge in [0.1, 0.15) is 23.4 Å². The number of anilines is 1. The van der Waals surface area contributed by atoms with E-state index in [1.165, 1.54) is 43.8 Å². The van der Waals surface area contributed by atoms with E-state index in [9.17, 15) is 27.6 Å². The summed E-state index contributed by atoms with van der Waals surface area (Å²) in [5, 5.41) is 7.12. The molecule has 4 amide bonds. The molecule has 0 spiro atoms. The monoisotopic (exact) mass is 590 g/mol. The number of halogens is 4. The van der Waals surface area contributed by atoms with Crippen LogP contribution in [-0.4, -0.2) is 65.4 Å². The molecule has 14 heteroatoms. The van der Waals surface area contributed by atoms with Gasteiger partial charge in [-0.1, -0.05) is 23.7 Å². The van der Waals surface area contributed by atoms with Crippen molar-refractivity contribution in [2.45, 2.75) is 24.9 Å². The number of aromatic nitrogens is 2. The average Bonchev–Trinajstić information content (AvgIpc) is 2.93. The van der Waals surface area contributed by atoms with E-state index in [1.54, 1.807) is 19.1 Å². The molecule has 10 nitrogen and oxygen atoms in total. The van der Waals surface area contributed by atoms with E-state index >= 15 is 0 Å². The summed E-state index contributed by atoms with van der Waals surface area (Å²) in [4.78, 5) is 48.0. The number of alkyl halides is 2. The van der Waals surface area contributed by atoms with E-state index in [0.717, 1.165) is 11.0 Å². The predicted molar refractivity (Wildman–Crippen MR) is 143 cm³/mol. The molecule has 4 rings (SSSR count). The van der Waals surface area contributed by atoms with E-state index in [1.807, 2.05) is 0 Å². The minimum Gasteiger partial charge on any atom is -0.382 e. The molecule has 0 aliphatic carbocycles. The quantitative estimate of drug-likeness (QED) is 0.345. The van der Waals surface area contributed by atoms with Gasteiger partial charge in [-0.25, -0.2) is 22.9 Å². The second-order valence-electron chi connectivity index (χ2n) is 9.33. The lowest BCUT2D eigenvalue weighted by molar-refractivity contribution is -0.118. The maximum atomic E-state index is 14.3. The highest BCUT2D eigenvalue weighted by molar-refractivity contribution is 6.30. The molecule has 3 N–H and O–H groups in total. The van der Waals surface area contributed by atoms with Gasteiger partial charge in [0.25, 0.3) is 17.7 Å². The number of hydrogen-bond donors (Lipinski definition) is 3. The van der Waals surface area contributed by atoms with Crippen LogP contribution in [0.5, 0.6) is 0 Å². The van der Waals surface area contributed by atoms with Crippen molar-refractivity contribution in [2.75, 3.05) is 32.1 Å². The fourth-order valence-electron chi connectivity index (χ4n) is 4.30. The number of nitrogens with zero attached hydrogens (tertiary/aromatic N) is 3. The SMILES string of the molecule is COC[C@H](c1ccnc(NC(=O)[C@@H](NC(=O)c2ncccc2C)c2ccc(Cl)c(F)c2)c1)N1CC(F)(F)CNC1=O. The first-order valence-electron chi connectivity index (χ1n) is 12.3. The van der Waals surface area contributed by atoms with E-state index < -0.39 is 54.8 Å². The minimum absolute atomic E-state index is 0.0134. The van der Waals surface area contributed by atoms with Gasteiger partial charge in [0.15, 0.2) is 0 Å². The molecule has 0 saturated carbocycles. The Bertz CT molecular complexity index is 1460. The zero-order valence-electron chi connectivity index (χ0n) is 22.0. The van der Waals surface area contributed by atoms with Crippen molar-refractivity contribution in [3.05, 3.63) is 88.1 Å². The average molecular weight is 591 g/mol. The van der Waals surface area contributed by atoms with Crippen molar-refractivity contribution >= 4 is 35.3 Å². The Balaban J connectivity index is 1.62. The summed E-state index contributed by atoms with van der Waals surface area (Å²) in [5.74, 6) is -5.44. The lowest BCUT2D eigenvalue weighted by Crippen LogP contribution is -2.58. The molecule has 1 aliphatic rings. The molecule has 0 unspecified atom stereocenters. The largest absolute Gasteiger partial charge is 0.382 e. The Morgan fingerprint density at radius 3 is 2.66 bits per heavy atom. The van der Waals surface area contributed by atoms with Gasteiger partial charge in [-0.2, -0.15) is 0 Å². The fraction of sp³-hybridized carbons (Fsp3) is 0.296. The lowest BCUT2D eigenvalue weighted by atomic mass is 10.0. The molecule has 1 aromatic carbocycles. The number of urea groups is 1. The molecule has 41 heavy (non-hydrogen) atoms. The fourth-order valence-corrected chi connectivity index (χ4v) is 4.41. The number of rotatable bonds is 9. The van der Waals surface area contributed by atoms with Gasteiger partial charge >= 0.3 is 6.03 Å². The van der Waals surface area contributed by atoms with Crippen molar-refractivity contribution in [1.82, 2.24) is 25.5 Å². The van der Waals surface area contributed by atoms with Gasteiger partial charge in [0, 0.05) is 19.5 Å². The molecule has 2 aromatic heterocycles. The first kappa shape index (κ1) is 29.7. The summed E-state index contributed by atoms with van der Waals surface area (Å²) in [5.41, 5.74) is 1.07. The highest BCUT2D eigenvalue weighted by Gasteiger charge is 2.42. The number of aryl methyl sites for hydroxylation is 1. The Labute approximate surface area is 238 Å². The summed E-state index contributed by atoms with van der Waals surface area (Å²) >= 11 is 5.81. The molecule has 0 radical (unpaired) electrons. The highest BCUT2D eigenvalue weighted by atomic mass is 35.5. The number of ether oxygens (including phenoxy) is 1. The van der Waals surface area contributed by atoms with Crippen LogP contribution in [0.25, 0.3) is 0 Å². The minimum atomic E-state index is -3.16. The highest BCUT2D eigenvalue weighted by Crippen LogP contribution is 2.29. The van der Waals surface area contributed by atoms with Crippen LogP contribution in [0.4, 0.5) is 23.8 Å². The standard InChI is InChI=1S/C27H26ClF3N6O4/c1-15-4-3-8-33-22(15)24(38)36-23(17-5-6-18(28)19(29)10-17)25(39)35-21-11-16(7-9-32-21)20(12-41-2)37-14-27(30,31)13-34-26(37)40/h3-11,20,23H,12-14H2,1-2H3,(H,34,40)(H,36,38)(H,32,35,39)/t20-,23+/m1/s1. The second kappa shape index (κ2) is 12.5. The maximum absolute atomic E-state index is 14.3. The zero-order valence-corrected chi connectivity index (χ0v) is 22.7. The van der Waals surface area contributed by atoms with E-state index in [0.29, 0.717) is 11.1 Å². The molecular weight excluding hydrogens is 565 g/mol. The van der Waals surface area contributed by atoms with Crippen LogP contribution < -0.4 is 16.0 Å². The maximum Gasteiger partial charge on any atom is 0.318 e. The molecule has 3 heterocycles. The summed E-state index contributed by atoms with van der Waals surface area (Å²) in [6, 6.07) is 6.83. The molecule has 1 aliphatic heterocycles. The van der Waals surface area contributed by atoms with Gasteiger partial charge in [0.05, 0.1) is 30.8 Å². The van der Waals surface area contributed by atoms with E-state index in [2.05, 4.69) is 25.9 Å². The number of carbonyl (C=O) groups excluding carboxylic acids is 3. The summed E-state index contributed by atoms with van der Waals surface area (Å²) in [6.07, 6.45) is 2.74. The van der Waals surface area contributed by atoms with Crippen LogP contribution in [0.1, 0.15) is 39.3 Å². The van der Waals surface area contributed by atoms with Gasteiger partial charge in [-0.05, 0) is 53.9 Å².